The van der Waals surface area contributed by atoms with Gasteiger partial charge in [-0.2, -0.15) is 13.2 Å². The summed E-state index contributed by atoms with van der Waals surface area (Å²) in [6, 6.07) is 3.98. The molecule has 0 aliphatic rings. The Labute approximate surface area is 241 Å². The Morgan fingerprint density at radius 2 is 1.56 bits per heavy atom. The summed E-state index contributed by atoms with van der Waals surface area (Å²) in [5.74, 6) is -1.24. The smallest absolute Gasteiger partial charge is 0.346 e. The zero-order valence-electron chi connectivity index (χ0n) is 23.0. The van der Waals surface area contributed by atoms with Crippen molar-refractivity contribution in [1.82, 2.24) is 50.6 Å². The van der Waals surface area contributed by atoms with E-state index in [9.17, 15) is 31.5 Å². The van der Waals surface area contributed by atoms with Gasteiger partial charge >= 0.3 is 6.18 Å². The monoisotopic (exact) mass is 606 g/mol. The number of aromatic nitrogens is 8. The molecule has 4 heterocycles. The molecule has 0 saturated heterocycles. The lowest BCUT2D eigenvalue weighted by atomic mass is 10.0. The molecule has 1 unspecified atom stereocenters. The van der Waals surface area contributed by atoms with Crippen LogP contribution in [0, 0.1) is 0 Å². The molecule has 0 aromatic carbocycles. The number of carbonyl (C=O) groups is 2. The number of carbonyl (C=O) groups excluding carboxylic acids is 2. The van der Waals surface area contributed by atoms with E-state index in [0.29, 0.717) is 17.5 Å². The normalized spacial score (nSPS) is 12.6. The van der Waals surface area contributed by atoms with Crippen molar-refractivity contribution < 1.29 is 31.5 Å². The molecule has 43 heavy (non-hydrogen) atoms. The van der Waals surface area contributed by atoms with Crippen molar-refractivity contribution in [2.24, 2.45) is 0 Å². The van der Waals surface area contributed by atoms with Gasteiger partial charge in [-0.1, -0.05) is 10.4 Å². The number of nitrogens with zero attached hydrogens (tertiary/aromatic N) is 8. The number of rotatable bonds is 12. The van der Waals surface area contributed by atoms with Gasteiger partial charge in [0.05, 0.1) is 36.7 Å². The van der Waals surface area contributed by atoms with Crippen LogP contribution in [0.15, 0.2) is 49.2 Å². The average Bonchev–Trinajstić information content (AvgIpc) is 3.63. The fourth-order valence-electron chi connectivity index (χ4n) is 3.79. The average molecular weight is 607 g/mol. The number of aryl methyl sites for hydroxylation is 1. The van der Waals surface area contributed by atoms with Gasteiger partial charge in [-0.05, 0) is 43.2 Å². The van der Waals surface area contributed by atoms with Gasteiger partial charge in [0.25, 0.3) is 11.8 Å². The van der Waals surface area contributed by atoms with E-state index in [1.807, 2.05) is 0 Å². The van der Waals surface area contributed by atoms with Crippen LogP contribution in [0.4, 0.5) is 22.0 Å². The maximum absolute atomic E-state index is 14.6. The summed E-state index contributed by atoms with van der Waals surface area (Å²) in [4.78, 5) is 32.4. The van der Waals surface area contributed by atoms with Crippen LogP contribution in [0.5, 0.6) is 0 Å². The summed E-state index contributed by atoms with van der Waals surface area (Å²) in [6.45, 7) is 2.51. The lowest BCUT2D eigenvalue weighted by molar-refractivity contribution is -0.137. The Morgan fingerprint density at radius 1 is 0.907 bits per heavy atom. The first-order chi connectivity index (χ1) is 20.3. The van der Waals surface area contributed by atoms with Gasteiger partial charge in [0.1, 0.15) is 11.8 Å². The Balaban J connectivity index is 1.21. The second-order valence-electron chi connectivity index (χ2n) is 10.0. The van der Waals surface area contributed by atoms with Crippen LogP contribution < -0.4 is 10.6 Å². The Bertz CT molecular complexity index is 1560. The van der Waals surface area contributed by atoms with E-state index in [-0.39, 0.29) is 49.6 Å². The van der Waals surface area contributed by atoms with Crippen molar-refractivity contribution in [2.75, 3.05) is 0 Å². The van der Waals surface area contributed by atoms with Crippen LogP contribution in [0.2, 0.25) is 0 Å². The minimum atomic E-state index is -4.56. The molecule has 4 aromatic rings. The maximum atomic E-state index is 14.6. The molecule has 0 fully saturated rings. The third-order valence-corrected chi connectivity index (χ3v) is 6.11. The molecule has 4 rings (SSSR count). The van der Waals surface area contributed by atoms with Gasteiger partial charge in [0.2, 0.25) is 0 Å². The molecule has 17 heteroatoms. The standard InChI is InChI=1S/C26H27F5N10O2/c1-25(2,28)17-3-5-33-20(8-17)12-35-24(43)21-14-40(38-36-21)6-4-19(27)13-41-15-22(37-39-41)23(42)34-10-16-7-18(11-32-9-16)26(29,30)31/h3,5,7-9,11,14-15,19H,4,6,10,12-13H2,1-2H3,(H,34,42)(H,35,43). The van der Waals surface area contributed by atoms with Gasteiger partial charge in [0, 0.05) is 38.1 Å². The van der Waals surface area contributed by atoms with Gasteiger partial charge in [-0.25, -0.2) is 13.5 Å². The van der Waals surface area contributed by atoms with Gasteiger partial charge in [0.15, 0.2) is 11.4 Å². The second kappa shape index (κ2) is 13.0. The van der Waals surface area contributed by atoms with E-state index < -0.39 is 35.4 Å². The molecule has 0 aliphatic carbocycles. The van der Waals surface area contributed by atoms with Crippen molar-refractivity contribution in [2.45, 2.75) is 64.5 Å². The van der Waals surface area contributed by atoms with E-state index in [2.05, 4.69) is 41.2 Å². The predicted molar refractivity (Wildman–Crippen MR) is 140 cm³/mol. The zero-order valence-corrected chi connectivity index (χ0v) is 23.0. The Kier molecular flexibility index (Phi) is 9.40. The van der Waals surface area contributed by atoms with E-state index in [1.54, 1.807) is 12.1 Å². The highest BCUT2D eigenvalue weighted by Gasteiger charge is 2.31. The predicted octanol–water partition coefficient (Wildman–Crippen LogP) is 3.17. The topological polar surface area (TPSA) is 145 Å². The quantitative estimate of drug-likeness (QED) is 0.234. The third kappa shape index (κ3) is 8.83. The third-order valence-electron chi connectivity index (χ3n) is 6.11. The molecule has 2 amide bonds. The molecule has 0 spiro atoms. The number of nitrogens with one attached hydrogen (secondary N) is 2. The van der Waals surface area contributed by atoms with Crippen LogP contribution in [-0.2, 0) is 38.0 Å². The minimum absolute atomic E-state index is 0.00484. The van der Waals surface area contributed by atoms with Crippen LogP contribution in [0.3, 0.4) is 0 Å². The first-order valence-electron chi connectivity index (χ1n) is 12.9. The number of pyridine rings is 2. The molecule has 0 saturated carbocycles. The molecule has 0 bridgehead atoms. The zero-order chi connectivity index (χ0) is 31.2. The second-order valence-corrected chi connectivity index (χ2v) is 10.0. The molecule has 228 valence electrons. The number of halogens is 5. The van der Waals surface area contributed by atoms with Gasteiger partial charge in [-0.3, -0.25) is 24.2 Å². The van der Waals surface area contributed by atoms with Crippen molar-refractivity contribution in [3.05, 3.63) is 83.0 Å². The number of amides is 2. The highest BCUT2D eigenvalue weighted by Crippen LogP contribution is 2.29. The summed E-state index contributed by atoms with van der Waals surface area (Å²) in [5.41, 5.74) is -1.61. The number of hydrogen-bond donors (Lipinski definition) is 2. The summed E-state index contributed by atoms with van der Waals surface area (Å²) >= 11 is 0. The fraction of sp³-hybridized carbons (Fsp3) is 0.385. The van der Waals surface area contributed by atoms with E-state index in [4.69, 9.17) is 0 Å². The Hall–Kier alpha value is -4.83. The molecule has 0 aliphatic heterocycles. The summed E-state index contributed by atoms with van der Waals surface area (Å²) in [7, 11) is 0. The Morgan fingerprint density at radius 3 is 2.23 bits per heavy atom. The van der Waals surface area contributed by atoms with E-state index >= 15 is 0 Å². The molecular formula is C26H27F5N10O2. The minimum Gasteiger partial charge on any atom is -0.346 e. The van der Waals surface area contributed by atoms with Crippen molar-refractivity contribution >= 4 is 11.8 Å². The van der Waals surface area contributed by atoms with Gasteiger partial charge < -0.3 is 10.6 Å². The molecule has 2 N–H and O–H groups in total. The summed E-state index contributed by atoms with van der Waals surface area (Å²) < 4.78 is 69.7. The van der Waals surface area contributed by atoms with Crippen LogP contribution in [0.1, 0.15) is 63.6 Å². The van der Waals surface area contributed by atoms with Crippen LogP contribution in [0.25, 0.3) is 0 Å². The van der Waals surface area contributed by atoms with Crippen molar-refractivity contribution in [1.29, 1.82) is 0 Å². The highest BCUT2D eigenvalue weighted by atomic mass is 19.4. The maximum Gasteiger partial charge on any atom is 0.417 e. The molecule has 4 aromatic heterocycles. The molecular weight excluding hydrogens is 579 g/mol. The summed E-state index contributed by atoms with van der Waals surface area (Å²) in [6.07, 6.45) is -0.113. The fourth-order valence-corrected chi connectivity index (χ4v) is 3.79. The highest BCUT2D eigenvalue weighted by molar-refractivity contribution is 5.92. The first-order valence-corrected chi connectivity index (χ1v) is 12.9. The molecule has 12 nitrogen and oxygen atoms in total. The lowest BCUT2D eigenvalue weighted by Gasteiger charge is -2.15. The molecule has 0 radical (unpaired) electrons. The van der Waals surface area contributed by atoms with E-state index in [0.717, 1.165) is 10.7 Å². The largest absolute Gasteiger partial charge is 0.417 e. The van der Waals surface area contributed by atoms with Crippen molar-refractivity contribution in [3.8, 4) is 0 Å². The van der Waals surface area contributed by atoms with Crippen LogP contribution in [-0.4, -0.2) is 57.9 Å². The summed E-state index contributed by atoms with van der Waals surface area (Å²) in [5, 5.41) is 20.1. The SMILES string of the molecule is CC(C)(F)c1ccnc(CNC(=O)c2cn(CCC(F)Cn3cc(C(=O)NCc4cncc(C(F)(F)F)c4)nn3)nn2)c1. The van der Waals surface area contributed by atoms with Crippen molar-refractivity contribution in [3.63, 3.8) is 0 Å². The lowest BCUT2D eigenvalue weighted by Crippen LogP contribution is -2.24. The van der Waals surface area contributed by atoms with Crippen LogP contribution >= 0.6 is 0 Å². The molecule has 1 atom stereocenters. The number of alkyl halides is 5. The van der Waals surface area contributed by atoms with E-state index in [1.165, 1.54) is 43.3 Å². The first kappa shape index (κ1) is 31.1. The van der Waals surface area contributed by atoms with Gasteiger partial charge in [-0.15, -0.1) is 10.2 Å². The number of hydrogen-bond acceptors (Lipinski definition) is 8.